The highest BCUT2D eigenvalue weighted by molar-refractivity contribution is 7.10. The molecule has 0 aliphatic rings. The van der Waals surface area contributed by atoms with Crippen LogP contribution in [0.1, 0.15) is 45.5 Å². The normalized spacial score (nSPS) is 12.3. The molecule has 1 aromatic heterocycles. The summed E-state index contributed by atoms with van der Waals surface area (Å²) in [5, 5.41) is 10.6. The summed E-state index contributed by atoms with van der Waals surface area (Å²) in [5.74, 6) is -0.461. The molecule has 0 saturated carbocycles. The van der Waals surface area contributed by atoms with E-state index in [-0.39, 0.29) is 42.3 Å². The van der Waals surface area contributed by atoms with Gasteiger partial charge in [-0.25, -0.2) is 0 Å². The molecule has 0 spiro atoms. The topological polar surface area (TPSA) is 90.5 Å². The average Bonchev–Trinajstić information content (AvgIpc) is 3.20. The van der Waals surface area contributed by atoms with Gasteiger partial charge in [-0.05, 0) is 47.7 Å². The molecule has 1 aromatic carbocycles. The lowest BCUT2D eigenvalue weighted by atomic mass is 9.85. The number of nitrogens with one attached hydrogen (secondary N) is 3. The molecule has 2 rings (SSSR count). The zero-order chi connectivity index (χ0) is 23.0. The number of nitrogens with zero attached hydrogens (tertiary/aromatic N) is 1. The van der Waals surface area contributed by atoms with E-state index in [1.54, 1.807) is 40.5 Å². The minimum atomic E-state index is -0.201. The van der Waals surface area contributed by atoms with E-state index in [4.69, 9.17) is 0 Å². The number of thiophene rings is 1. The number of rotatable bonds is 9. The van der Waals surface area contributed by atoms with Crippen LogP contribution in [0.2, 0.25) is 0 Å². The third-order valence-corrected chi connectivity index (χ3v) is 5.61. The van der Waals surface area contributed by atoms with Gasteiger partial charge in [0, 0.05) is 23.2 Å². The Morgan fingerprint density at radius 3 is 2.03 bits per heavy atom. The summed E-state index contributed by atoms with van der Waals surface area (Å²) in [6.45, 7) is 10.5. The number of carbonyl (C=O) groups excluding carboxylic acids is 3. The lowest BCUT2D eigenvalue weighted by Gasteiger charge is -2.31. The van der Waals surface area contributed by atoms with E-state index in [0.717, 1.165) is 4.88 Å². The average molecular weight is 445 g/mol. The number of benzene rings is 1. The second-order valence-electron chi connectivity index (χ2n) is 8.49. The fourth-order valence-electron chi connectivity index (χ4n) is 3.10. The van der Waals surface area contributed by atoms with Crippen LogP contribution in [0, 0.1) is 5.41 Å². The van der Waals surface area contributed by atoms with Gasteiger partial charge in [-0.3, -0.25) is 19.3 Å². The Bertz CT molecular complexity index is 873. The van der Waals surface area contributed by atoms with Gasteiger partial charge in [-0.15, -0.1) is 11.3 Å². The van der Waals surface area contributed by atoms with E-state index in [0.29, 0.717) is 17.9 Å². The SMILES string of the molecule is CCN(CC(=O)Nc1ccc(NC(C)=O)cc1)CC(=O)NC(c1cccs1)C(C)(C)C. The van der Waals surface area contributed by atoms with Crippen LogP contribution in [0.4, 0.5) is 11.4 Å². The number of hydrogen-bond acceptors (Lipinski definition) is 5. The molecule has 0 bridgehead atoms. The molecule has 7 nitrogen and oxygen atoms in total. The molecule has 1 unspecified atom stereocenters. The van der Waals surface area contributed by atoms with Crippen molar-refractivity contribution in [3.05, 3.63) is 46.7 Å². The zero-order valence-corrected chi connectivity index (χ0v) is 19.6. The van der Waals surface area contributed by atoms with Crippen LogP contribution in [0.25, 0.3) is 0 Å². The molecule has 168 valence electrons. The first-order valence-corrected chi connectivity index (χ1v) is 11.2. The second kappa shape index (κ2) is 11.1. The number of hydrogen-bond donors (Lipinski definition) is 3. The molecule has 3 N–H and O–H groups in total. The minimum Gasteiger partial charge on any atom is -0.347 e. The number of amides is 3. The van der Waals surface area contributed by atoms with Gasteiger partial charge >= 0.3 is 0 Å². The van der Waals surface area contributed by atoms with Gasteiger partial charge in [0.25, 0.3) is 0 Å². The van der Waals surface area contributed by atoms with E-state index >= 15 is 0 Å². The van der Waals surface area contributed by atoms with Crippen LogP contribution in [0.5, 0.6) is 0 Å². The standard InChI is InChI=1S/C23H32N4O3S/c1-6-27(14-20(29)25-18-11-9-17(10-12-18)24-16(2)28)15-21(30)26-22(23(3,4)5)19-8-7-13-31-19/h7-13,22H,6,14-15H2,1-5H3,(H,24,28)(H,25,29)(H,26,30). The van der Waals surface area contributed by atoms with Gasteiger partial charge in [-0.1, -0.05) is 33.8 Å². The highest BCUT2D eigenvalue weighted by Gasteiger charge is 2.29. The summed E-state index contributed by atoms with van der Waals surface area (Å²) in [5.41, 5.74) is 1.17. The zero-order valence-electron chi connectivity index (χ0n) is 18.8. The van der Waals surface area contributed by atoms with Crippen molar-refractivity contribution in [1.82, 2.24) is 10.2 Å². The van der Waals surface area contributed by atoms with Crippen molar-refractivity contribution < 1.29 is 14.4 Å². The van der Waals surface area contributed by atoms with Crippen molar-refractivity contribution >= 4 is 40.4 Å². The minimum absolute atomic E-state index is 0.0883. The van der Waals surface area contributed by atoms with Crippen molar-refractivity contribution in [2.24, 2.45) is 5.41 Å². The molecular weight excluding hydrogens is 412 g/mol. The van der Waals surface area contributed by atoms with Crippen LogP contribution in [0.3, 0.4) is 0 Å². The van der Waals surface area contributed by atoms with Crippen LogP contribution in [-0.4, -0.2) is 42.3 Å². The van der Waals surface area contributed by atoms with E-state index < -0.39 is 0 Å². The Morgan fingerprint density at radius 2 is 1.55 bits per heavy atom. The Hall–Kier alpha value is -2.71. The van der Waals surface area contributed by atoms with Crippen molar-refractivity contribution in [2.45, 2.75) is 40.7 Å². The van der Waals surface area contributed by atoms with E-state index in [1.165, 1.54) is 6.92 Å². The molecule has 8 heteroatoms. The van der Waals surface area contributed by atoms with Crippen LogP contribution < -0.4 is 16.0 Å². The summed E-state index contributed by atoms with van der Waals surface area (Å²) < 4.78 is 0. The maximum Gasteiger partial charge on any atom is 0.238 e. The van der Waals surface area contributed by atoms with Gasteiger partial charge in [0.05, 0.1) is 19.1 Å². The molecular formula is C23H32N4O3S. The maximum absolute atomic E-state index is 12.7. The molecule has 0 aliphatic carbocycles. The van der Waals surface area contributed by atoms with Crippen molar-refractivity contribution in [3.63, 3.8) is 0 Å². The molecule has 2 aromatic rings. The van der Waals surface area contributed by atoms with Gasteiger partial charge in [-0.2, -0.15) is 0 Å². The Balaban J connectivity index is 1.91. The van der Waals surface area contributed by atoms with Crippen LogP contribution in [-0.2, 0) is 14.4 Å². The predicted octanol–water partition coefficient (Wildman–Crippen LogP) is 3.87. The summed E-state index contributed by atoms with van der Waals surface area (Å²) in [4.78, 5) is 39.2. The highest BCUT2D eigenvalue weighted by Crippen LogP contribution is 2.35. The van der Waals surface area contributed by atoms with Crippen LogP contribution in [0.15, 0.2) is 41.8 Å². The van der Waals surface area contributed by atoms with E-state index in [2.05, 4.69) is 36.7 Å². The number of anilines is 2. The number of carbonyl (C=O) groups is 3. The predicted molar refractivity (Wildman–Crippen MR) is 126 cm³/mol. The highest BCUT2D eigenvalue weighted by atomic mass is 32.1. The summed E-state index contributed by atoms with van der Waals surface area (Å²) >= 11 is 1.62. The van der Waals surface area contributed by atoms with Crippen molar-refractivity contribution in [3.8, 4) is 0 Å². The van der Waals surface area contributed by atoms with Crippen molar-refractivity contribution in [1.29, 1.82) is 0 Å². The van der Waals surface area contributed by atoms with Gasteiger partial charge in [0.1, 0.15) is 0 Å². The first-order valence-electron chi connectivity index (χ1n) is 10.3. The molecule has 0 fully saturated rings. The Labute approximate surface area is 188 Å². The fraction of sp³-hybridized carbons (Fsp3) is 0.435. The Kier molecular flexibility index (Phi) is 8.76. The summed E-state index contributed by atoms with van der Waals surface area (Å²) in [7, 11) is 0. The second-order valence-corrected chi connectivity index (χ2v) is 9.47. The number of likely N-dealkylation sites (N-methyl/N-ethyl adjacent to an activating group) is 1. The van der Waals surface area contributed by atoms with Crippen molar-refractivity contribution in [2.75, 3.05) is 30.3 Å². The lowest BCUT2D eigenvalue weighted by Crippen LogP contribution is -2.44. The molecule has 31 heavy (non-hydrogen) atoms. The largest absolute Gasteiger partial charge is 0.347 e. The first kappa shape index (κ1) is 24.6. The molecule has 0 aliphatic heterocycles. The van der Waals surface area contributed by atoms with E-state index in [1.807, 2.05) is 24.4 Å². The molecule has 1 heterocycles. The van der Waals surface area contributed by atoms with Crippen LogP contribution >= 0.6 is 11.3 Å². The molecule has 0 radical (unpaired) electrons. The molecule has 3 amide bonds. The lowest BCUT2D eigenvalue weighted by molar-refractivity contribution is -0.124. The summed E-state index contributed by atoms with van der Waals surface area (Å²) in [6, 6.07) is 10.8. The van der Waals surface area contributed by atoms with Gasteiger partial charge < -0.3 is 16.0 Å². The quantitative estimate of drug-likeness (QED) is 0.548. The Morgan fingerprint density at radius 1 is 0.968 bits per heavy atom. The van der Waals surface area contributed by atoms with E-state index in [9.17, 15) is 14.4 Å². The third-order valence-electron chi connectivity index (χ3n) is 4.67. The third kappa shape index (κ3) is 8.15. The first-order chi connectivity index (χ1) is 14.6. The monoisotopic (exact) mass is 444 g/mol. The molecule has 1 atom stereocenters. The summed E-state index contributed by atoms with van der Waals surface area (Å²) in [6.07, 6.45) is 0. The smallest absolute Gasteiger partial charge is 0.238 e. The fourth-order valence-corrected chi connectivity index (χ4v) is 4.12. The maximum atomic E-state index is 12.7. The van der Waals surface area contributed by atoms with Gasteiger partial charge in [0.2, 0.25) is 17.7 Å². The van der Waals surface area contributed by atoms with Gasteiger partial charge in [0.15, 0.2) is 0 Å². The molecule has 0 saturated heterocycles.